The van der Waals surface area contributed by atoms with Crippen LogP contribution in [0.25, 0.3) is 0 Å². The lowest BCUT2D eigenvalue weighted by atomic mass is 10.2. The van der Waals surface area contributed by atoms with Gasteiger partial charge >= 0.3 is 13.7 Å². The van der Waals surface area contributed by atoms with Gasteiger partial charge in [0.25, 0.3) is 0 Å². The Morgan fingerprint density at radius 3 is 2.47 bits per heavy atom. The van der Waals surface area contributed by atoms with E-state index in [0.717, 1.165) is 19.4 Å². The van der Waals surface area contributed by atoms with Crippen LogP contribution in [-0.2, 0) is 9.39 Å². The molecule has 0 saturated carbocycles. The van der Waals surface area contributed by atoms with Gasteiger partial charge in [-0.1, -0.05) is 0 Å². The van der Waals surface area contributed by atoms with Gasteiger partial charge in [0.1, 0.15) is 5.60 Å². The van der Waals surface area contributed by atoms with Crippen molar-refractivity contribution in [3.05, 3.63) is 0 Å². The lowest BCUT2D eigenvalue weighted by molar-refractivity contribution is 0.0248. The third kappa shape index (κ3) is 10.8. The van der Waals surface area contributed by atoms with Gasteiger partial charge in [0.15, 0.2) is 0 Å². The van der Waals surface area contributed by atoms with Gasteiger partial charge < -0.3 is 25.3 Å². The van der Waals surface area contributed by atoms with Crippen molar-refractivity contribution in [2.75, 3.05) is 33.3 Å². The average molecular weight is 273 g/mol. The minimum absolute atomic E-state index is 0.271. The highest BCUT2D eigenvalue weighted by molar-refractivity contribution is 6.23. The van der Waals surface area contributed by atoms with Crippen LogP contribution in [0.3, 0.4) is 0 Å². The van der Waals surface area contributed by atoms with E-state index in [2.05, 4.69) is 5.23 Å². The van der Waals surface area contributed by atoms with E-state index in [0.29, 0.717) is 27.3 Å². The lowest BCUT2D eigenvalue weighted by Crippen LogP contribution is -2.39. The molecule has 112 valence electrons. The van der Waals surface area contributed by atoms with Gasteiger partial charge in [-0.05, 0) is 46.7 Å². The largest absolute Gasteiger partial charge is 0.444 e. The van der Waals surface area contributed by atoms with Crippen LogP contribution in [0.4, 0.5) is 4.79 Å². The van der Waals surface area contributed by atoms with Gasteiger partial charge in [-0.2, -0.15) is 0 Å². The van der Waals surface area contributed by atoms with Gasteiger partial charge in [0, 0.05) is 20.2 Å². The lowest BCUT2D eigenvalue weighted by Gasteiger charge is -2.27. The van der Waals surface area contributed by atoms with Crippen LogP contribution in [0.15, 0.2) is 0 Å². The number of amides is 1. The highest BCUT2D eigenvalue weighted by atomic mass is 16.6. The first kappa shape index (κ1) is 18.2. The van der Waals surface area contributed by atoms with Gasteiger partial charge in [0.2, 0.25) is 0 Å². The summed E-state index contributed by atoms with van der Waals surface area (Å²) in [5.41, 5.74) is 5.03. The first-order valence-electron chi connectivity index (χ1n) is 6.78. The van der Waals surface area contributed by atoms with E-state index in [9.17, 15) is 4.79 Å². The molecule has 0 bridgehead atoms. The number of nitrogens with one attached hydrogen (secondary N) is 1. The third-order valence-corrected chi connectivity index (χ3v) is 2.31. The molecule has 0 saturated heterocycles. The molecule has 0 fully saturated rings. The molecule has 0 radical (unpaired) electrons. The Balaban J connectivity index is 4.10. The fourth-order valence-electron chi connectivity index (χ4n) is 1.47. The molecular weight excluding hydrogens is 245 g/mol. The second kappa shape index (κ2) is 10.1. The SMILES string of the molecule is COBNCCCN(CCCN)C(=O)OC(C)(C)C. The molecule has 6 nitrogen and oxygen atoms in total. The van der Waals surface area contributed by atoms with Crippen molar-refractivity contribution in [1.82, 2.24) is 10.1 Å². The molecular formula is C12H28BN3O3. The number of nitrogens with two attached hydrogens (primary N) is 1. The Hall–Kier alpha value is -0.785. The van der Waals surface area contributed by atoms with E-state index < -0.39 is 5.60 Å². The maximum absolute atomic E-state index is 12.0. The number of nitrogens with zero attached hydrogens (tertiary/aromatic N) is 1. The van der Waals surface area contributed by atoms with E-state index in [1.165, 1.54) is 0 Å². The van der Waals surface area contributed by atoms with Crippen LogP contribution in [0.1, 0.15) is 33.6 Å². The summed E-state index contributed by atoms with van der Waals surface area (Å²) in [4.78, 5) is 13.7. The molecule has 7 heteroatoms. The van der Waals surface area contributed by atoms with E-state index in [1.54, 1.807) is 12.0 Å². The summed E-state index contributed by atoms with van der Waals surface area (Å²) in [6.45, 7) is 8.27. The third-order valence-electron chi connectivity index (χ3n) is 2.31. The fraction of sp³-hybridized carbons (Fsp3) is 0.917. The normalized spacial score (nSPS) is 11.2. The summed E-state index contributed by atoms with van der Waals surface area (Å²) in [5.74, 6) is 0. The molecule has 19 heavy (non-hydrogen) atoms. The van der Waals surface area contributed by atoms with Crippen LogP contribution < -0.4 is 11.0 Å². The van der Waals surface area contributed by atoms with Gasteiger partial charge in [0.05, 0.1) is 0 Å². The maximum Gasteiger partial charge on any atom is 0.410 e. The molecule has 1 amide bonds. The van der Waals surface area contributed by atoms with Crippen molar-refractivity contribution >= 4 is 13.7 Å². The molecule has 0 atom stereocenters. The molecule has 0 aromatic carbocycles. The van der Waals surface area contributed by atoms with Crippen molar-refractivity contribution in [1.29, 1.82) is 0 Å². The minimum atomic E-state index is -0.466. The van der Waals surface area contributed by atoms with E-state index in [4.69, 9.17) is 15.1 Å². The monoisotopic (exact) mass is 273 g/mol. The zero-order valence-electron chi connectivity index (χ0n) is 12.7. The summed E-state index contributed by atoms with van der Waals surface area (Å²) in [6, 6.07) is 0. The first-order valence-corrected chi connectivity index (χ1v) is 6.78. The second-order valence-corrected chi connectivity index (χ2v) is 5.40. The zero-order chi connectivity index (χ0) is 14.7. The van der Waals surface area contributed by atoms with E-state index in [1.807, 2.05) is 20.8 Å². The number of carbonyl (C=O) groups is 1. The molecule has 0 aromatic heterocycles. The summed E-state index contributed by atoms with van der Waals surface area (Å²) in [6.07, 6.45) is 1.37. The van der Waals surface area contributed by atoms with Crippen molar-refractivity contribution < 1.29 is 14.2 Å². The molecule has 0 rings (SSSR count). The van der Waals surface area contributed by atoms with E-state index >= 15 is 0 Å². The summed E-state index contributed by atoms with van der Waals surface area (Å²) in [7, 11) is 2.16. The van der Waals surface area contributed by atoms with Crippen LogP contribution in [0.2, 0.25) is 0 Å². The quantitative estimate of drug-likeness (QED) is 0.471. The Labute approximate surface area is 117 Å². The first-order chi connectivity index (χ1) is 8.90. The van der Waals surface area contributed by atoms with Gasteiger partial charge in [-0.3, -0.25) is 0 Å². The van der Waals surface area contributed by atoms with Crippen LogP contribution >= 0.6 is 0 Å². The minimum Gasteiger partial charge on any atom is -0.444 e. The van der Waals surface area contributed by atoms with E-state index in [-0.39, 0.29) is 6.09 Å². The van der Waals surface area contributed by atoms with Crippen molar-refractivity contribution in [2.45, 2.75) is 39.2 Å². The van der Waals surface area contributed by atoms with Crippen molar-refractivity contribution in [3.8, 4) is 0 Å². The predicted molar refractivity (Wildman–Crippen MR) is 78.3 cm³/mol. The number of hydrogen-bond donors (Lipinski definition) is 2. The Kier molecular flexibility index (Phi) is 9.64. The molecule has 0 spiro atoms. The molecule has 0 aliphatic heterocycles. The fourth-order valence-corrected chi connectivity index (χ4v) is 1.47. The van der Waals surface area contributed by atoms with Crippen LogP contribution in [0.5, 0.6) is 0 Å². The second-order valence-electron chi connectivity index (χ2n) is 5.40. The van der Waals surface area contributed by atoms with Crippen molar-refractivity contribution in [3.63, 3.8) is 0 Å². The molecule has 0 aliphatic carbocycles. The Morgan fingerprint density at radius 1 is 1.32 bits per heavy atom. The average Bonchev–Trinajstić information content (AvgIpc) is 2.30. The number of ether oxygens (including phenoxy) is 1. The van der Waals surface area contributed by atoms with Crippen LogP contribution in [-0.4, -0.2) is 57.5 Å². The molecule has 0 heterocycles. The zero-order valence-corrected chi connectivity index (χ0v) is 12.7. The molecule has 3 N–H and O–H groups in total. The number of carbonyl (C=O) groups excluding carboxylic acids is 1. The summed E-state index contributed by atoms with van der Waals surface area (Å²) < 4.78 is 10.3. The number of rotatable bonds is 9. The highest BCUT2D eigenvalue weighted by Crippen LogP contribution is 2.10. The van der Waals surface area contributed by atoms with Crippen LogP contribution in [0, 0.1) is 0 Å². The molecule has 0 aromatic rings. The Morgan fingerprint density at radius 2 is 1.95 bits per heavy atom. The summed E-state index contributed by atoms with van der Waals surface area (Å²) >= 11 is 0. The van der Waals surface area contributed by atoms with Gasteiger partial charge in [-0.15, -0.1) is 0 Å². The maximum atomic E-state index is 12.0. The highest BCUT2D eigenvalue weighted by Gasteiger charge is 2.21. The molecule has 0 aliphatic rings. The number of hydrogen-bond acceptors (Lipinski definition) is 5. The molecule has 0 unspecified atom stereocenters. The standard InChI is InChI=1S/C12H28BN3O3/c1-12(2,3)19-11(17)16(9-5-7-14)10-6-8-15-13-18-4/h13,15H,5-10,14H2,1-4H3. The Bertz CT molecular complexity index is 247. The topological polar surface area (TPSA) is 76.8 Å². The van der Waals surface area contributed by atoms with Crippen molar-refractivity contribution in [2.24, 2.45) is 5.73 Å². The predicted octanol–water partition coefficient (Wildman–Crippen LogP) is 0.465. The smallest absolute Gasteiger partial charge is 0.410 e. The van der Waals surface area contributed by atoms with Gasteiger partial charge in [-0.25, -0.2) is 4.79 Å². The summed E-state index contributed by atoms with van der Waals surface area (Å²) in [5, 5.41) is 3.11.